The molecule has 0 saturated carbocycles. The molecule has 0 aliphatic carbocycles. The first kappa shape index (κ1) is 26.6. The lowest BCUT2D eigenvalue weighted by atomic mass is 10.1. The molecule has 0 spiro atoms. The fourth-order valence-corrected chi connectivity index (χ4v) is 5.74. The molecule has 202 valence electrons. The summed E-state index contributed by atoms with van der Waals surface area (Å²) in [6, 6.07) is 19.7. The molecule has 1 aliphatic heterocycles. The van der Waals surface area contributed by atoms with Crippen LogP contribution in [0.25, 0.3) is 16.5 Å². The van der Waals surface area contributed by atoms with Crippen LogP contribution < -0.4 is 5.32 Å². The van der Waals surface area contributed by atoms with Crippen LogP contribution in [0.1, 0.15) is 28.2 Å². The highest BCUT2D eigenvalue weighted by Crippen LogP contribution is 2.28. The van der Waals surface area contributed by atoms with Crippen LogP contribution in [-0.2, 0) is 9.84 Å². The zero-order chi connectivity index (χ0) is 27.7. The number of fused-ring (bicyclic) bond motifs is 1. The van der Waals surface area contributed by atoms with Gasteiger partial charge < -0.3 is 15.1 Å². The van der Waals surface area contributed by atoms with Gasteiger partial charge >= 0.3 is 0 Å². The van der Waals surface area contributed by atoms with Crippen molar-refractivity contribution >= 4 is 38.0 Å². The number of carbonyl (C=O) groups excluding carboxylic acids is 1. The van der Waals surface area contributed by atoms with Gasteiger partial charge in [0.15, 0.2) is 9.84 Å². The molecule has 1 aliphatic rings. The van der Waals surface area contributed by atoms with Crippen molar-refractivity contribution in [1.29, 1.82) is 5.41 Å². The van der Waals surface area contributed by atoms with Crippen molar-refractivity contribution in [2.24, 2.45) is 0 Å². The fraction of sp³-hybridized carbons (Fsp3) is 0.276. The third-order valence-electron chi connectivity index (χ3n) is 6.97. The van der Waals surface area contributed by atoms with Gasteiger partial charge in [-0.1, -0.05) is 24.3 Å². The van der Waals surface area contributed by atoms with E-state index in [9.17, 15) is 13.2 Å². The number of benzene rings is 3. The van der Waals surface area contributed by atoms with Gasteiger partial charge in [-0.25, -0.2) is 13.1 Å². The van der Waals surface area contributed by atoms with E-state index in [-0.39, 0.29) is 10.6 Å². The lowest BCUT2D eigenvalue weighted by Crippen LogP contribution is -2.34. The maximum Gasteiger partial charge on any atom is 0.274 e. The topological polar surface area (TPSA) is 111 Å². The molecule has 1 aromatic heterocycles. The van der Waals surface area contributed by atoms with E-state index in [0.717, 1.165) is 55.2 Å². The molecule has 0 bridgehead atoms. The van der Waals surface area contributed by atoms with Crippen molar-refractivity contribution in [3.05, 3.63) is 83.7 Å². The van der Waals surface area contributed by atoms with E-state index in [1.165, 1.54) is 4.68 Å². The summed E-state index contributed by atoms with van der Waals surface area (Å²) in [5.74, 6) is 0.0584. The van der Waals surface area contributed by atoms with Gasteiger partial charge in [0, 0.05) is 37.1 Å². The zero-order valence-corrected chi connectivity index (χ0v) is 23.1. The quantitative estimate of drug-likeness (QED) is 0.291. The Balaban J connectivity index is 1.42. The second kappa shape index (κ2) is 10.6. The van der Waals surface area contributed by atoms with Gasteiger partial charge in [-0.2, -0.15) is 5.10 Å². The number of amides is 1. The average molecular weight is 545 g/mol. The monoisotopic (exact) mass is 544 g/mol. The van der Waals surface area contributed by atoms with Crippen LogP contribution in [0.5, 0.6) is 0 Å². The van der Waals surface area contributed by atoms with Crippen LogP contribution in [0, 0.1) is 12.3 Å². The van der Waals surface area contributed by atoms with Crippen LogP contribution in [0.4, 0.5) is 5.69 Å². The van der Waals surface area contributed by atoms with Crippen molar-refractivity contribution in [2.45, 2.75) is 18.2 Å². The van der Waals surface area contributed by atoms with E-state index >= 15 is 0 Å². The Morgan fingerprint density at radius 2 is 1.64 bits per heavy atom. The van der Waals surface area contributed by atoms with E-state index < -0.39 is 15.7 Å². The number of aromatic nitrogens is 2. The predicted molar refractivity (Wildman–Crippen MR) is 154 cm³/mol. The SMILES string of the molecule is Cc1cc(C(=O)Nc2ccc(C(=N)N3CCCN(C)CC3)cc2)n(-c2cc3ccccc3cc2S(C)(=O)=O)n1. The Labute approximate surface area is 228 Å². The number of likely N-dealkylation sites (N-methyl/N-ethyl adjacent to an activating group) is 1. The van der Waals surface area contributed by atoms with Crippen LogP contribution in [-0.4, -0.2) is 79.2 Å². The average Bonchev–Trinajstić information content (AvgIpc) is 3.17. The van der Waals surface area contributed by atoms with Crippen LogP contribution in [0.15, 0.2) is 71.6 Å². The van der Waals surface area contributed by atoms with Crippen LogP contribution in [0.2, 0.25) is 0 Å². The minimum absolute atomic E-state index is 0.0981. The third kappa shape index (κ3) is 5.71. The summed E-state index contributed by atoms with van der Waals surface area (Å²) in [5.41, 5.74) is 2.48. The van der Waals surface area contributed by atoms with E-state index in [2.05, 4.69) is 27.3 Å². The molecule has 1 saturated heterocycles. The number of nitrogens with zero attached hydrogens (tertiary/aromatic N) is 4. The molecule has 39 heavy (non-hydrogen) atoms. The van der Waals surface area contributed by atoms with Crippen molar-refractivity contribution in [2.75, 3.05) is 44.8 Å². The molecule has 10 heteroatoms. The van der Waals surface area contributed by atoms with Gasteiger partial charge in [-0.15, -0.1) is 0 Å². The molecule has 4 aromatic rings. The number of anilines is 1. The number of sulfone groups is 1. The summed E-state index contributed by atoms with van der Waals surface area (Å²) < 4.78 is 26.8. The highest BCUT2D eigenvalue weighted by Gasteiger charge is 2.23. The molecule has 0 radical (unpaired) electrons. The van der Waals surface area contributed by atoms with Crippen molar-refractivity contribution in [1.82, 2.24) is 19.6 Å². The minimum atomic E-state index is -3.61. The predicted octanol–water partition coefficient (Wildman–Crippen LogP) is 3.95. The largest absolute Gasteiger partial charge is 0.355 e. The standard InChI is InChI=1S/C29H32N6O3S/c1-20-17-26(35(32-20)25-18-22-7-4-5-8-23(22)19-27(25)39(3,37)38)29(36)31-24-11-9-21(10-12-24)28(30)34-14-6-13-33(2)15-16-34/h4-5,7-12,17-19,30H,6,13-16H2,1-3H3,(H,31,36). The van der Waals surface area contributed by atoms with Crippen molar-refractivity contribution in [3.63, 3.8) is 0 Å². The number of amidine groups is 1. The molecule has 9 nitrogen and oxygen atoms in total. The van der Waals surface area contributed by atoms with Crippen LogP contribution >= 0.6 is 0 Å². The zero-order valence-electron chi connectivity index (χ0n) is 22.3. The third-order valence-corrected chi connectivity index (χ3v) is 8.10. The van der Waals surface area contributed by atoms with Crippen molar-refractivity contribution in [3.8, 4) is 5.69 Å². The second-order valence-electron chi connectivity index (χ2n) is 10.0. The smallest absolute Gasteiger partial charge is 0.274 e. The number of nitrogens with one attached hydrogen (secondary N) is 2. The Bertz CT molecular complexity index is 1660. The number of carbonyl (C=O) groups is 1. The van der Waals surface area contributed by atoms with Crippen molar-refractivity contribution < 1.29 is 13.2 Å². The Kier molecular flexibility index (Phi) is 7.24. The first-order valence-electron chi connectivity index (χ1n) is 12.8. The lowest BCUT2D eigenvalue weighted by Gasteiger charge is -2.23. The first-order valence-corrected chi connectivity index (χ1v) is 14.7. The summed E-state index contributed by atoms with van der Waals surface area (Å²) >= 11 is 0. The van der Waals surface area contributed by atoms with Gasteiger partial charge in [0.1, 0.15) is 11.5 Å². The van der Waals surface area contributed by atoms with Gasteiger partial charge in [-0.05, 0) is 80.2 Å². The summed E-state index contributed by atoms with van der Waals surface area (Å²) in [5, 5.41) is 17.7. The molecule has 1 amide bonds. The summed E-state index contributed by atoms with van der Waals surface area (Å²) in [7, 11) is -1.51. The Hall–Kier alpha value is -4.02. The fourth-order valence-electron chi connectivity index (χ4n) is 4.87. The first-order chi connectivity index (χ1) is 18.6. The highest BCUT2D eigenvalue weighted by molar-refractivity contribution is 7.90. The minimum Gasteiger partial charge on any atom is -0.355 e. The molecule has 0 unspecified atom stereocenters. The van der Waals surface area contributed by atoms with E-state index in [1.54, 1.807) is 37.3 Å². The van der Waals surface area contributed by atoms with E-state index in [1.807, 2.05) is 36.4 Å². The molecular weight excluding hydrogens is 512 g/mol. The molecule has 1 fully saturated rings. The molecular formula is C29H32N6O3S. The van der Waals surface area contributed by atoms with Gasteiger partial charge in [0.05, 0.1) is 16.3 Å². The number of aryl methyl sites for hydroxylation is 1. The summed E-state index contributed by atoms with van der Waals surface area (Å²) in [4.78, 5) is 17.9. The normalized spacial score (nSPS) is 14.8. The highest BCUT2D eigenvalue weighted by atomic mass is 32.2. The van der Waals surface area contributed by atoms with E-state index in [4.69, 9.17) is 5.41 Å². The van der Waals surface area contributed by atoms with Gasteiger partial charge in [0.2, 0.25) is 0 Å². The molecule has 0 atom stereocenters. The second-order valence-corrected chi connectivity index (χ2v) is 12.0. The Morgan fingerprint density at radius 3 is 2.33 bits per heavy atom. The van der Waals surface area contributed by atoms with Crippen LogP contribution in [0.3, 0.4) is 0 Å². The van der Waals surface area contributed by atoms with Gasteiger partial charge in [-0.3, -0.25) is 10.2 Å². The molecule has 2 N–H and O–H groups in total. The number of hydrogen-bond acceptors (Lipinski definition) is 6. The molecule has 2 heterocycles. The lowest BCUT2D eigenvalue weighted by molar-refractivity contribution is 0.101. The maximum absolute atomic E-state index is 13.4. The number of rotatable bonds is 5. The summed E-state index contributed by atoms with van der Waals surface area (Å²) in [6.07, 6.45) is 2.16. The summed E-state index contributed by atoms with van der Waals surface area (Å²) in [6.45, 7) is 5.35. The number of hydrogen-bond donors (Lipinski definition) is 2. The maximum atomic E-state index is 13.4. The molecule has 3 aromatic carbocycles. The molecule has 5 rings (SSSR count). The van der Waals surface area contributed by atoms with E-state index in [0.29, 0.717) is 22.9 Å². The van der Waals surface area contributed by atoms with Gasteiger partial charge in [0.25, 0.3) is 5.91 Å². The Morgan fingerprint density at radius 1 is 0.949 bits per heavy atom.